The summed E-state index contributed by atoms with van der Waals surface area (Å²) in [5, 5.41) is 0.737. The number of H-pyrrole nitrogens is 1. The second kappa shape index (κ2) is 8.57. The van der Waals surface area contributed by atoms with Crippen LogP contribution in [0, 0.1) is 5.82 Å². The highest BCUT2D eigenvalue weighted by molar-refractivity contribution is 5.98. The van der Waals surface area contributed by atoms with Crippen molar-refractivity contribution in [3.63, 3.8) is 0 Å². The third-order valence-corrected chi connectivity index (χ3v) is 5.47. The normalized spacial score (nSPS) is 15.7. The molecule has 0 atom stereocenters. The highest BCUT2D eigenvalue weighted by Crippen LogP contribution is 2.18. The number of nitrogens with one attached hydrogen (secondary N) is 1. The Balaban J connectivity index is 1.32. The van der Waals surface area contributed by atoms with Gasteiger partial charge in [-0.1, -0.05) is 30.3 Å². The van der Waals surface area contributed by atoms with Gasteiger partial charge in [0.2, 0.25) is 0 Å². The maximum atomic E-state index is 13.4. The Morgan fingerprint density at radius 2 is 1.86 bits per heavy atom. The summed E-state index contributed by atoms with van der Waals surface area (Å²) in [5.41, 5.74) is 2.71. The molecule has 4 nitrogen and oxygen atoms in total. The predicted octanol–water partition coefficient (Wildman–Crippen LogP) is 4.09. The molecule has 0 unspecified atom stereocenters. The Bertz CT molecular complexity index is 937. The molecule has 3 aromatic rings. The molecule has 0 bridgehead atoms. The molecule has 1 saturated heterocycles. The number of halogens is 1. The second-order valence-corrected chi connectivity index (χ2v) is 7.49. The number of carbonyl (C=O) groups excluding carboxylic acids is 1. The van der Waals surface area contributed by atoms with Gasteiger partial charge in [0.15, 0.2) is 0 Å². The van der Waals surface area contributed by atoms with Crippen molar-refractivity contribution in [3.8, 4) is 0 Å². The predicted molar refractivity (Wildman–Crippen MR) is 110 cm³/mol. The first-order valence-electron chi connectivity index (χ1n) is 10.0. The largest absolute Gasteiger partial charge is 0.351 e. The minimum atomic E-state index is -0.286. The molecule has 1 fully saturated rings. The zero-order valence-electron chi connectivity index (χ0n) is 16.0. The number of hydrogen-bond acceptors (Lipinski definition) is 2. The van der Waals surface area contributed by atoms with Gasteiger partial charge in [-0.2, -0.15) is 0 Å². The molecule has 1 aliphatic heterocycles. The Hall–Kier alpha value is -2.66. The first kappa shape index (κ1) is 18.7. The molecule has 0 radical (unpaired) electrons. The lowest BCUT2D eigenvalue weighted by atomic mass is 10.1. The Morgan fingerprint density at radius 3 is 2.71 bits per heavy atom. The number of aryl methyl sites for hydroxylation is 1. The summed E-state index contributed by atoms with van der Waals surface area (Å²) >= 11 is 0. The van der Waals surface area contributed by atoms with Gasteiger partial charge in [-0.3, -0.25) is 4.79 Å². The van der Waals surface area contributed by atoms with Crippen LogP contribution in [-0.2, 0) is 6.42 Å². The van der Waals surface area contributed by atoms with E-state index in [-0.39, 0.29) is 11.7 Å². The summed E-state index contributed by atoms with van der Waals surface area (Å²) < 4.78 is 13.4. The minimum absolute atomic E-state index is 0.00254. The van der Waals surface area contributed by atoms with Gasteiger partial charge in [-0.15, -0.1) is 0 Å². The smallest absolute Gasteiger partial charge is 0.270 e. The summed E-state index contributed by atoms with van der Waals surface area (Å²) in [5.74, 6) is -0.283. The van der Waals surface area contributed by atoms with Crippen LogP contribution in [0.4, 0.5) is 4.39 Å². The lowest BCUT2D eigenvalue weighted by Crippen LogP contribution is -2.35. The van der Waals surface area contributed by atoms with Gasteiger partial charge in [0.1, 0.15) is 11.5 Å². The molecule has 1 aliphatic rings. The topological polar surface area (TPSA) is 39.3 Å². The number of carbonyl (C=O) groups is 1. The molecule has 146 valence electrons. The van der Waals surface area contributed by atoms with Gasteiger partial charge >= 0.3 is 0 Å². The highest BCUT2D eigenvalue weighted by Gasteiger charge is 2.21. The average molecular weight is 379 g/mol. The Morgan fingerprint density at radius 1 is 1.00 bits per heavy atom. The second-order valence-electron chi connectivity index (χ2n) is 7.49. The Labute approximate surface area is 165 Å². The number of hydrogen-bond donors (Lipinski definition) is 1. The molecular weight excluding hydrogens is 353 g/mol. The van der Waals surface area contributed by atoms with Crippen molar-refractivity contribution in [1.29, 1.82) is 0 Å². The van der Waals surface area contributed by atoms with Crippen molar-refractivity contribution in [2.75, 3.05) is 32.7 Å². The molecule has 2 heterocycles. The van der Waals surface area contributed by atoms with Gasteiger partial charge in [-0.05, 0) is 62.2 Å². The van der Waals surface area contributed by atoms with Crippen LogP contribution >= 0.6 is 0 Å². The molecular formula is C23H26FN3O. The maximum absolute atomic E-state index is 13.4. The van der Waals surface area contributed by atoms with Crippen LogP contribution in [0.3, 0.4) is 0 Å². The molecule has 0 saturated carbocycles. The van der Waals surface area contributed by atoms with E-state index in [9.17, 15) is 9.18 Å². The standard InChI is InChI=1S/C23H26FN3O/c24-20-9-10-21-19(16-20)17-22(25-21)23(28)27-13-5-12-26(14-15-27)11-4-8-18-6-2-1-3-7-18/h1-3,6-7,9-10,16-17,25H,4-5,8,11-15H2. The van der Waals surface area contributed by atoms with Crippen LogP contribution in [0.5, 0.6) is 0 Å². The van der Waals surface area contributed by atoms with Crippen molar-refractivity contribution in [1.82, 2.24) is 14.8 Å². The fourth-order valence-corrected chi connectivity index (χ4v) is 3.94. The molecule has 2 aromatic carbocycles. The highest BCUT2D eigenvalue weighted by atomic mass is 19.1. The van der Waals surface area contributed by atoms with Crippen molar-refractivity contribution < 1.29 is 9.18 Å². The van der Waals surface area contributed by atoms with Crippen molar-refractivity contribution in [3.05, 3.63) is 71.7 Å². The minimum Gasteiger partial charge on any atom is -0.351 e. The van der Waals surface area contributed by atoms with E-state index >= 15 is 0 Å². The molecule has 5 heteroatoms. The number of fused-ring (bicyclic) bond motifs is 1. The number of aromatic amines is 1. The summed E-state index contributed by atoms with van der Waals surface area (Å²) in [6.45, 7) is 4.47. The molecule has 0 aliphatic carbocycles. The van der Waals surface area contributed by atoms with Gasteiger partial charge in [0.05, 0.1) is 0 Å². The third-order valence-electron chi connectivity index (χ3n) is 5.47. The summed E-state index contributed by atoms with van der Waals surface area (Å²) in [4.78, 5) is 20.4. The van der Waals surface area contributed by atoms with Gasteiger partial charge in [-0.25, -0.2) is 4.39 Å². The number of rotatable bonds is 5. The van der Waals surface area contributed by atoms with E-state index in [1.54, 1.807) is 12.1 Å². The lowest BCUT2D eigenvalue weighted by molar-refractivity contribution is 0.0756. The number of benzene rings is 2. The van der Waals surface area contributed by atoms with E-state index < -0.39 is 0 Å². The van der Waals surface area contributed by atoms with E-state index in [1.165, 1.54) is 17.7 Å². The van der Waals surface area contributed by atoms with Crippen LogP contribution < -0.4 is 0 Å². The number of aromatic nitrogens is 1. The van der Waals surface area contributed by atoms with Crippen molar-refractivity contribution in [2.24, 2.45) is 0 Å². The zero-order chi connectivity index (χ0) is 19.3. The molecule has 1 amide bonds. The molecule has 1 N–H and O–H groups in total. The molecule has 1 aromatic heterocycles. The zero-order valence-corrected chi connectivity index (χ0v) is 16.0. The van der Waals surface area contributed by atoms with Crippen LogP contribution in [0.2, 0.25) is 0 Å². The van der Waals surface area contributed by atoms with E-state index in [1.807, 2.05) is 11.0 Å². The van der Waals surface area contributed by atoms with Gasteiger partial charge in [0, 0.05) is 30.5 Å². The van der Waals surface area contributed by atoms with E-state index in [4.69, 9.17) is 0 Å². The van der Waals surface area contributed by atoms with E-state index in [0.29, 0.717) is 5.69 Å². The quantitative estimate of drug-likeness (QED) is 0.725. The summed E-state index contributed by atoms with van der Waals surface area (Å²) in [7, 11) is 0. The van der Waals surface area contributed by atoms with Crippen molar-refractivity contribution in [2.45, 2.75) is 19.3 Å². The fraction of sp³-hybridized carbons (Fsp3) is 0.348. The van der Waals surface area contributed by atoms with Crippen LogP contribution in [0.1, 0.15) is 28.9 Å². The SMILES string of the molecule is O=C(c1cc2cc(F)ccc2[nH]1)N1CCCN(CCCc2ccccc2)CC1. The van der Waals surface area contributed by atoms with Gasteiger partial charge in [0.25, 0.3) is 5.91 Å². The van der Waals surface area contributed by atoms with Crippen molar-refractivity contribution >= 4 is 16.8 Å². The average Bonchev–Trinajstić information content (AvgIpc) is 2.98. The number of nitrogens with zero attached hydrogens (tertiary/aromatic N) is 2. The van der Waals surface area contributed by atoms with Gasteiger partial charge < -0.3 is 14.8 Å². The summed E-state index contributed by atoms with van der Waals surface area (Å²) in [6.07, 6.45) is 3.20. The molecule has 4 rings (SSSR count). The molecule has 28 heavy (non-hydrogen) atoms. The first-order chi connectivity index (χ1) is 13.7. The van der Waals surface area contributed by atoms with Crippen LogP contribution in [0.25, 0.3) is 10.9 Å². The molecule has 0 spiro atoms. The van der Waals surface area contributed by atoms with E-state index in [2.05, 4.69) is 34.1 Å². The fourth-order valence-electron chi connectivity index (χ4n) is 3.94. The monoisotopic (exact) mass is 379 g/mol. The van der Waals surface area contributed by atoms with Crippen LogP contribution in [-0.4, -0.2) is 53.4 Å². The lowest BCUT2D eigenvalue weighted by Gasteiger charge is -2.21. The first-order valence-corrected chi connectivity index (χ1v) is 10.0. The Kier molecular flexibility index (Phi) is 5.72. The summed E-state index contributed by atoms with van der Waals surface area (Å²) in [6, 6.07) is 16.9. The maximum Gasteiger partial charge on any atom is 0.270 e. The number of amides is 1. The van der Waals surface area contributed by atoms with E-state index in [0.717, 1.165) is 62.9 Å². The third kappa shape index (κ3) is 4.42. The van der Waals surface area contributed by atoms with Crippen LogP contribution in [0.15, 0.2) is 54.6 Å².